The quantitative estimate of drug-likeness (QED) is 0.513. The van der Waals surface area contributed by atoms with Crippen LogP contribution in [0.2, 0.25) is 0 Å². The van der Waals surface area contributed by atoms with Crippen LogP contribution in [0.5, 0.6) is 0 Å². The Bertz CT molecular complexity index is 1130. The van der Waals surface area contributed by atoms with E-state index in [4.69, 9.17) is 9.97 Å². The Morgan fingerprint density at radius 3 is 2.42 bits per heavy atom. The number of benzene rings is 2. The number of aromatic nitrogens is 2. The number of ketones is 1. The predicted molar refractivity (Wildman–Crippen MR) is 127 cm³/mol. The zero-order valence-corrected chi connectivity index (χ0v) is 19.0. The molecule has 0 bridgehead atoms. The van der Waals surface area contributed by atoms with Gasteiger partial charge >= 0.3 is 0 Å². The third-order valence-corrected chi connectivity index (χ3v) is 6.02. The first kappa shape index (κ1) is 21.0. The third-order valence-electron chi connectivity index (χ3n) is 6.02. The van der Waals surface area contributed by atoms with E-state index in [9.17, 15) is 4.79 Å². The van der Waals surface area contributed by atoms with Crippen LogP contribution in [0.15, 0.2) is 42.5 Å². The van der Waals surface area contributed by atoms with Crippen LogP contribution in [-0.2, 0) is 12.8 Å². The van der Waals surface area contributed by atoms with E-state index in [1.807, 2.05) is 24.3 Å². The van der Waals surface area contributed by atoms with Crippen molar-refractivity contribution < 1.29 is 4.79 Å². The number of rotatable bonds is 5. The van der Waals surface area contributed by atoms with E-state index in [0.29, 0.717) is 23.8 Å². The first-order chi connectivity index (χ1) is 14.8. The van der Waals surface area contributed by atoms with E-state index in [1.54, 1.807) is 0 Å². The highest BCUT2D eigenvalue weighted by molar-refractivity contribution is 6.03. The molecular formula is C26H30N4O. The third kappa shape index (κ3) is 4.46. The van der Waals surface area contributed by atoms with E-state index in [-0.39, 0.29) is 11.2 Å². The van der Waals surface area contributed by atoms with Crippen molar-refractivity contribution in [2.24, 2.45) is 5.41 Å². The van der Waals surface area contributed by atoms with Gasteiger partial charge in [-0.25, -0.2) is 4.98 Å². The van der Waals surface area contributed by atoms with Crippen molar-refractivity contribution in [1.29, 1.82) is 0 Å². The Labute approximate surface area is 184 Å². The summed E-state index contributed by atoms with van der Waals surface area (Å²) in [6.07, 6.45) is 2.23. The molecule has 5 heteroatoms. The Morgan fingerprint density at radius 2 is 1.71 bits per heavy atom. The Morgan fingerprint density at radius 1 is 0.968 bits per heavy atom. The molecule has 4 rings (SSSR count). The van der Waals surface area contributed by atoms with Gasteiger partial charge in [0.05, 0.1) is 11.3 Å². The second-order valence-corrected chi connectivity index (χ2v) is 9.21. The van der Waals surface area contributed by atoms with Crippen LogP contribution >= 0.6 is 0 Å². The monoisotopic (exact) mass is 414 g/mol. The van der Waals surface area contributed by atoms with Crippen LogP contribution in [0.4, 0.5) is 23.1 Å². The summed E-state index contributed by atoms with van der Waals surface area (Å²) in [6.45, 7) is 10.5. The Kier molecular flexibility index (Phi) is 5.52. The highest BCUT2D eigenvalue weighted by atomic mass is 16.1. The standard InChI is InChI=1S/C26H30N4O/c1-6-18-10-12-19(13-11-18)27-25-29-21-14-26(4,5)15-22(31)23(21)24(30-25)28-20-9-7-8-16(2)17(20)3/h7-13H,6,14-15H2,1-5H3,(H2,27,28,29,30). The van der Waals surface area contributed by atoms with Gasteiger partial charge in [-0.15, -0.1) is 0 Å². The van der Waals surface area contributed by atoms with Crippen LogP contribution in [0, 0.1) is 19.3 Å². The summed E-state index contributed by atoms with van der Waals surface area (Å²) >= 11 is 0. The zero-order chi connectivity index (χ0) is 22.2. The molecule has 0 saturated heterocycles. The first-order valence-corrected chi connectivity index (χ1v) is 10.9. The van der Waals surface area contributed by atoms with E-state index in [0.717, 1.165) is 35.5 Å². The average Bonchev–Trinajstić information content (AvgIpc) is 2.70. The van der Waals surface area contributed by atoms with Crippen LogP contribution in [0.3, 0.4) is 0 Å². The van der Waals surface area contributed by atoms with Crippen molar-refractivity contribution >= 4 is 28.9 Å². The van der Waals surface area contributed by atoms with Gasteiger partial charge in [-0.05, 0) is 67.0 Å². The average molecular weight is 415 g/mol. The number of nitrogens with zero attached hydrogens (tertiary/aromatic N) is 2. The van der Waals surface area contributed by atoms with Gasteiger partial charge in [-0.3, -0.25) is 4.79 Å². The lowest BCUT2D eigenvalue weighted by molar-refractivity contribution is 0.0911. The van der Waals surface area contributed by atoms with Crippen LogP contribution in [0.1, 0.15) is 59.9 Å². The normalized spacial score (nSPS) is 14.8. The van der Waals surface area contributed by atoms with Gasteiger partial charge in [0.1, 0.15) is 5.82 Å². The topological polar surface area (TPSA) is 66.9 Å². The van der Waals surface area contributed by atoms with Gasteiger partial charge < -0.3 is 10.6 Å². The highest BCUT2D eigenvalue weighted by Crippen LogP contribution is 2.38. The molecule has 160 valence electrons. The minimum atomic E-state index is -0.116. The Balaban J connectivity index is 1.77. The number of carbonyl (C=O) groups excluding carboxylic acids is 1. The van der Waals surface area contributed by atoms with Gasteiger partial charge in [0.2, 0.25) is 5.95 Å². The molecule has 31 heavy (non-hydrogen) atoms. The van der Waals surface area contributed by atoms with Gasteiger partial charge in [-0.1, -0.05) is 45.0 Å². The van der Waals surface area contributed by atoms with Crippen molar-refractivity contribution in [2.45, 2.75) is 53.9 Å². The maximum absolute atomic E-state index is 13.1. The molecular weight excluding hydrogens is 384 g/mol. The molecule has 1 aliphatic carbocycles. The van der Waals surface area contributed by atoms with Gasteiger partial charge in [-0.2, -0.15) is 4.98 Å². The maximum atomic E-state index is 13.1. The van der Waals surface area contributed by atoms with Gasteiger partial charge in [0.25, 0.3) is 0 Å². The lowest BCUT2D eigenvalue weighted by atomic mass is 9.75. The molecule has 1 heterocycles. The number of hydrogen-bond acceptors (Lipinski definition) is 5. The second kappa shape index (κ2) is 8.14. The lowest BCUT2D eigenvalue weighted by Crippen LogP contribution is -2.29. The van der Waals surface area contributed by atoms with Gasteiger partial charge in [0, 0.05) is 17.8 Å². The largest absolute Gasteiger partial charge is 0.339 e. The fourth-order valence-corrected chi connectivity index (χ4v) is 4.08. The van der Waals surface area contributed by atoms with E-state index in [2.05, 4.69) is 63.5 Å². The number of Topliss-reactive ketones (excluding diaryl/α,β-unsaturated/α-hetero) is 1. The molecule has 1 aliphatic rings. The molecule has 2 N–H and O–H groups in total. The van der Waals surface area contributed by atoms with Crippen molar-refractivity contribution in [3.8, 4) is 0 Å². The second-order valence-electron chi connectivity index (χ2n) is 9.21. The van der Waals surface area contributed by atoms with E-state index >= 15 is 0 Å². The number of aryl methyl sites for hydroxylation is 2. The maximum Gasteiger partial charge on any atom is 0.229 e. The fourth-order valence-electron chi connectivity index (χ4n) is 4.08. The summed E-state index contributed by atoms with van der Waals surface area (Å²) in [5, 5.41) is 6.76. The fraction of sp³-hybridized carbons (Fsp3) is 0.346. The molecule has 5 nitrogen and oxygen atoms in total. The van der Waals surface area contributed by atoms with Crippen LogP contribution in [0.25, 0.3) is 0 Å². The van der Waals surface area contributed by atoms with Crippen molar-refractivity contribution in [2.75, 3.05) is 10.6 Å². The number of carbonyl (C=O) groups is 1. The molecule has 1 aromatic heterocycles. The SMILES string of the molecule is CCc1ccc(Nc2nc3c(c(Nc4cccc(C)c4C)n2)C(=O)CC(C)(C)C3)cc1. The summed E-state index contributed by atoms with van der Waals surface area (Å²) in [5.74, 6) is 1.17. The molecule has 3 aromatic rings. The minimum Gasteiger partial charge on any atom is -0.339 e. The molecule has 0 atom stereocenters. The smallest absolute Gasteiger partial charge is 0.229 e. The number of nitrogens with one attached hydrogen (secondary N) is 2. The Hall–Kier alpha value is -3.21. The molecule has 0 aliphatic heterocycles. The molecule has 0 fully saturated rings. The van der Waals surface area contributed by atoms with Gasteiger partial charge in [0.15, 0.2) is 5.78 Å². The molecule has 0 amide bonds. The van der Waals surface area contributed by atoms with Crippen LogP contribution < -0.4 is 10.6 Å². The van der Waals surface area contributed by atoms with Crippen molar-refractivity contribution in [1.82, 2.24) is 9.97 Å². The van der Waals surface area contributed by atoms with E-state index in [1.165, 1.54) is 11.1 Å². The summed E-state index contributed by atoms with van der Waals surface area (Å²) < 4.78 is 0. The zero-order valence-electron chi connectivity index (χ0n) is 19.0. The predicted octanol–water partition coefficient (Wildman–Crippen LogP) is 6.30. The lowest BCUT2D eigenvalue weighted by Gasteiger charge is -2.30. The number of anilines is 4. The summed E-state index contributed by atoms with van der Waals surface area (Å²) in [6, 6.07) is 14.4. The minimum absolute atomic E-state index is 0.0953. The molecule has 0 radical (unpaired) electrons. The number of fused-ring (bicyclic) bond motifs is 1. The first-order valence-electron chi connectivity index (χ1n) is 10.9. The highest BCUT2D eigenvalue weighted by Gasteiger charge is 2.35. The van der Waals surface area contributed by atoms with Crippen molar-refractivity contribution in [3.05, 3.63) is 70.4 Å². The van der Waals surface area contributed by atoms with Crippen molar-refractivity contribution in [3.63, 3.8) is 0 Å². The molecule has 0 saturated carbocycles. The summed E-state index contributed by atoms with van der Waals surface area (Å²) in [4.78, 5) is 22.6. The summed E-state index contributed by atoms with van der Waals surface area (Å²) in [7, 11) is 0. The number of hydrogen-bond donors (Lipinski definition) is 2. The molecule has 2 aromatic carbocycles. The molecule has 0 unspecified atom stereocenters. The molecule has 0 spiro atoms. The van der Waals surface area contributed by atoms with E-state index < -0.39 is 0 Å². The van der Waals surface area contributed by atoms with Crippen LogP contribution in [-0.4, -0.2) is 15.8 Å². The summed E-state index contributed by atoms with van der Waals surface area (Å²) in [5.41, 5.74) is 6.80.